The Balaban J connectivity index is 2.22. The van der Waals surface area contributed by atoms with Gasteiger partial charge in [0.05, 0.1) is 0 Å². The summed E-state index contributed by atoms with van der Waals surface area (Å²) < 4.78 is 0. The molecule has 1 N–H and O–H groups in total. The van der Waals surface area contributed by atoms with Gasteiger partial charge in [0.15, 0.2) is 0 Å². The van der Waals surface area contributed by atoms with Crippen molar-refractivity contribution in [3.8, 4) is 0 Å². The van der Waals surface area contributed by atoms with E-state index in [-0.39, 0.29) is 0 Å². The maximum Gasteiger partial charge on any atom is 0.0218 e. The van der Waals surface area contributed by atoms with Crippen molar-refractivity contribution in [2.24, 2.45) is 5.92 Å². The van der Waals surface area contributed by atoms with E-state index >= 15 is 0 Å². The first-order valence-corrected chi connectivity index (χ1v) is 7.30. The zero-order valence-corrected chi connectivity index (χ0v) is 12.2. The van der Waals surface area contributed by atoms with Crippen molar-refractivity contribution in [3.63, 3.8) is 0 Å². The van der Waals surface area contributed by atoms with Gasteiger partial charge in [-0.25, -0.2) is 0 Å². The van der Waals surface area contributed by atoms with Gasteiger partial charge in [0.1, 0.15) is 0 Å². The first-order chi connectivity index (χ1) is 8.17. The molecule has 102 valence electrons. The van der Waals surface area contributed by atoms with Crippen molar-refractivity contribution < 1.29 is 0 Å². The average Bonchev–Trinajstić information content (AvgIpc) is 2.32. The van der Waals surface area contributed by atoms with Gasteiger partial charge in [0, 0.05) is 32.2 Å². The predicted octanol–water partition coefficient (Wildman–Crippen LogP) is 1.65. The molecule has 0 aromatic rings. The molecule has 1 rings (SSSR count). The maximum absolute atomic E-state index is 3.52. The Morgan fingerprint density at radius 2 is 2.06 bits per heavy atom. The van der Waals surface area contributed by atoms with Gasteiger partial charge in [-0.1, -0.05) is 20.8 Å². The molecule has 2 unspecified atom stereocenters. The van der Waals surface area contributed by atoms with Crippen LogP contribution >= 0.6 is 0 Å². The van der Waals surface area contributed by atoms with Gasteiger partial charge in [0.2, 0.25) is 0 Å². The normalized spacial score (nSPS) is 25.1. The van der Waals surface area contributed by atoms with Crippen molar-refractivity contribution in [1.82, 2.24) is 15.1 Å². The minimum absolute atomic E-state index is 0.763. The summed E-state index contributed by atoms with van der Waals surface area (Å²) in [5, 5.41) is 3.52. The Morgan fingerprint density at radius 3 is 2.71 bits per heavy atom. The van der Waals surface area contributed by atoms with E-state index in [0.717, 1.165) is 25.0 Å². The molecule has 0 aliphatic carbocycles. The van der Waals surface area contributed by atoms with Crippen LogP contribution in [-0.2, 0) is 0 Å². The van der Waals surface area contributed by atoms with Crippen molar-refractivity contribution in [2.45, 2.75) is 39.7 Å². The highest BCUT2D eigenvalue weighted by Gasteiger charge is 2.23. The second-order valence-electron chi connectivity index (χ2n) is 5.61. The molecule has 3 heteroatoms. The third-order valence-corrected chi connectivity index (χ3v) is 3.82. The van der Waals surface area contributed by atoms with Crippen LogP contribution in [0.2, 0.25) is 0 Å². The van der Waals surface area contributed by atoms with E-state index in [9.17, 15) is 0 Å². The molecule has 1 aliphatic heterocycles. The molecule has 2 atom stereocenters. The minimum Gasteiger partial charge on any atom is -0.316 e. The highest BCUT2D eigenvalue weighted by Crippen LogP contribution is 2.12. The number of piperazine rings is 1. The fourth-order valence-electron chi connectivity index (χ4n) is 2.65. The lowest BCUT2D eigenvalue weighted by Gasteiger charge is -2.40. The molecule has 0 bridgehead atoms. The third-order valence-electron chi connectivity index (χ3n) is 3.82. The molecule has 3 nitrogen and oxygen atoms in total. The van der Waals surface area contributed by atoms with Crippen molar-refractivity contribution >= 4 is 0 Å². The minimum atomic E-state index is 0.763. The number of nitrogens with zero attached hydrogens (tertiary/aromatic N) is 2. The highest BCUT2D eigenvalue weighted by atomic mass is 15.3. The zero-order valence-electron chi connectivity index (χ0n) is 12.2. The summed E-state index contributed by atoms with van der Waals surface area (Å²) >= 11 is 0. The first-order valence-electron chi connectivity index (χ1n) is 7.30. The Labute approximate surface area is 108 Å². The Bertz CT molecular complexity index is 196. The van der Waals surface area contributed by atoms with Gasteiger partial charge in [-0.3, -0.25) is 0 Å². The van der Waals surface area contributed by atoms with Gasteiger partial charge in [-0.05, 0) is 38.9 Å². The van der Waals surface area contributed by atoms with Crippen LogP contribution in [0.15, 0.2) is 0 Å². The molecular weight excluding hydrogens is 210 g/mol. The Kier molecular flexibility index (Phi) is 7.09. The van der Waals surface area contributed by atoms with E-state index in [0.29, 0.717) is 0 Å². The lowest BCUT2D eigenvalue weighted by Crippen LogP contribution is -2.52. The van der Waals surface area contributed by atoms with Gasteiger partial charge in [-0.2, -0.15) is 0 Å². The predicted molar refractivity (Wildman–Crippen MR) is 75.5 cm³/mol. The second-order valence-corrected chi connectivity index (χ2v) is 5.61. The summed E-state index contributed by atoms with van der Waals surface area (Å²) in [6.07, 6.45) is 2.51. The molecule has 1 fully saturated rings. The van der Waals surface area contributed by atoms with Crippen LogP contribution in [-0.4, -0.2) is 62.2 Å². The molecule has 0 saturated carbocycles. The molecule has 1 aliphatic rings. The van der Waals surface area contributed by atoms with Crippen molar-refractivity contribution in [3.05, 3.63) is 0 Å². The molecule has 1 saturated heterocycles. The molecule has 0 spiro atoms. The van der Waals surface area contributed by atoms with Crippen LogP contribution in [0.5, 0.6) is 0 Å². The largest absolute Gasteiger partial charge is 0.316 e. The fourth-order valence-corrected chi connectivity index (χ4v) is 2.65. The topological polar surface area (TPSA) is 18.5 Å². The molecule has 0 aromatic carbocycles. The van der Waals surface area contributed by atoms with Crippen molar-refractivity contribution in [2.75, 3.05) is 46.3 Å². The average molecular weight is 241 g/mol. The molecule has 0 amide bonds. The van der Waals surface area contributed by atoms with Gasteiger partial charge < -0.3 is 15.1 Å². The Hall–Kier alpha value is -0.120. The smallest absolute Gasteiger partial charge is 0.0218 e. The summed E-state index contributed by atoms with van der Waals surface area (Å²) in [6, 6.07) is 0.763. The highest BCUT2D eigenvalue weighted by molar-refractivity contribution is 4.80. The van der Waals surface area contributed by atoms with E-state index in [2.05, 4.69) is 42.9 Å². The number of likely N-dealkylation sites (N-methyl/N-ethyl adjacent to an activating group) is 1. The number of hydrogen-bond acceptors (Lipinski definition) is 3. The van der Waals surface area contributed by atoms with E-state index in [1.165, 1.54) is 39.0 Å². The quantitative estimate of drug-likeness (QED) is 0.684. The monoisotopic (exact) mass is 241 g/mol. The van der Waals surface area contributed by atoms with Gasteiger partial charge in [0.25, 0.3) is 0 Å². The Morgan fingerprint density at radius 1 is 1.29 bits per heavy atom. The molecule has 0 aromatic heterocycles. The number of hydrogen-bond donors (Lipinski definition) is 1. The van der Waals surface area contributed by atoms with Gasteiger partial charge >= 0.3 is 0 Å². The molecule has 1 heterocycles. The standard InChI is InChI=1S/C14H31N3/c1-5-7-15-10-13(3)11-17-9-8-16(4)14(6-2)12-17/h13-15H,5-12H2,1-4H3. The number of nitrogens with one attached hydrogen (secondary N) is 1. The summed E-state index contributed by atoms with van der Waals surface area (Å²) in [5.41, 5.74) is 0. The zero-order chi connectivity index (χ0) is 12.7. The third kappa shape index (κ3) is 5.36. The van der Waals surface area contributed by atoms with E-state index in [1.807, 2.05) is 0 Å². The lowest BCUT2D eigenvalue weighted by atomic mass is 10.1. The SMILES string of the molecule is CCCNCC(C)CN1CCN(C)C(CC)C1. The maximum atomic E-state index is 3.52. The molecular formula is C14H31N3. The van der Waals surface area contributed by atoms with Crippen LogP contribution in [0, 0.1) is 5.92 Å². The van der Waals surface area contributed by atoms with E-state index in [1.54, 1.807) is 0 Å². The lowest BCUT2D eigenvalue weighted by molar-refractivity contribution is 0.0833. The molecule has 17 heavy (non-hydrogen) atoms. The summed E-state index contributed by atoms with van der Waals surface area (Å²) in [5.74, 6) is 0.766. The fraction of sp³-hybridized carbons (Fsp3) is 1.00. The van der Waals surface area contributed by atoms with E-state index < -0.39 is 0 Å². The van der Waals surface area contributed by atoms with Crippen LogP contribution in [0.25, 0.3) is 0 Å². The van der Waals surface area contributed by atoms with Crippen molar-refractivity contribution in [1.29, 1.82) is 0 Å². The second kappa shape index (κ2) is 8.06. The van der Waals surface area contributed by atoms with Crippen LogP contribution in [0.1, 0.15) is 33.6 Å². The summed E-state index contributed by atoms with van der Waals surface area (Å²) in [7, 11) is 2.26. The van der Waals surface area contributed by atoms with Gasteiger partial charge in [-0.15, -0.1) is 0 Å². The summed E-state index contributed by atoms with van der Waals surface area (Å²) in [4.78, 5) is 5.16. The number of rotatable bonds is 7. The first kappa shape index (κ1) is 14.9. The van der Waals surface area contributed by atoms with Crippen LogP contribution in [0.3, 0.4) is 0 Å². The van der Waals surface area contributed by atoms with E-state index in [4.69, 9.17) is 0 Å². The van der Waals surface area contributed by atoms with Crippen LogP contribution in [0.4, 0.5) is 0 Å². The molecule has 0 radical (unpaired) electrons. The summed E-state index contributed by atoms with van der Waals surface area (Å²) in [6.45, 7) is 14.2. The van der Waals surface area contributed by atoms with Crippen LogP contribution < -0.4 is 5.32 Å².